The second-order valence-corrected chi connectivity index (χ2v) is 24.0. The van der Waals surface area contributed by atoms with Crippen LogP contribution < -0.4 is 0 Å². The average molecular weight is 850 g/mol. The van der Waals surface area contributed by atoms with E-state index in [4.69, 9.17) is 0 Å². The molecule has 2 aromatic heterocycles. The molecule has 0 N–H and O–H groups in total. The van der Waals surface area contributed by atoms with E-state index in [0.29, 0.717) is 5.41 Å². The number of thiophene rings is 1. The zero-order valence-electron chi connectivity index (χ0n) is 31.1. The van der Waals surface area contributed by atoms with Crippen LogP contribution in [0.4, 0.5) is 0 Å². The van der Waals surface area contributed by atoms with Crippen molar-refractivity contribution < 1.29 is 0 Å². The molecular weight excluding hydrogens is 810 g/mol. The molecule has 0 radical (unpaired) electrons. The Morgan fingerprint density at radius 3 is 2.05 bits per heavy atom. The number of rotatable bonds is 4. The number of hydrogen-bond acceptors (Lipinski definition) is 1. The van der Waals surface area contributed by atoms with E-state index in [0.717, 1.165) is 23.7 Å². The fourth-order valence-corrected chi connectivity index (χ4v) is 20.8. The molecule has 56 heavy (non-hydrogen) atoms. The molecule has 0 aliphatic heterocycles. The van der Waals surface area contributed by atoms with E-state index in [9.17, 15) is 0 Å². The summed E-state index contributed by atoms with van der Waals surface area (Å²) >= 11 is -0.325. The minimum atomic E-state index is -2.26. The van der Waals surface area contributed by atoms with E-state index >= 15 is 0 Å². The van der Waals surface area contributed by atoms with Gasteiger partial charge in [-0.2, -0.15) is 0 Å². The van der Waals surface area contributed by atoms with Crippen LogP contribution in [0.1, 0.15) is 43.2 Å². The van der Waals surface area contributed by atoms with Gasteiger partial charge in [0.15, 0.2) is 0 Å². The molecule has 0 saturated heterocycles. The Balaban J connectivity index is 1.00. The fourth-order valence-electron chi connectivity index (χ4n) is 13.7. The van der Waals surface area contributed by atoms with Gasteiger partial charge in [-0.25, -0.2) is 0 Å². The van der Waals surface area contributed by atoms with Gasteiger partial charge in [-0.1, -0.05) is 0 Å². The van der Waals surface area contributed by atoms with Gasteiger partial charge in [0.25, 0.3) is 0 Å². The van der Waals surface area contributed by atoms with E-state index in [-0.39, 0.29) is 5.41 Å². The van der Waals surface area contributed by atoms with E-state index in [2.05, 4.69) is 162 Å². The van der Waals surface area contributed by atoms with E-state index in [1.165, 1.54) is 86.9 Å². The van der Waals surface area contributed by atoms with Gasteiger partial charge in [-0.05, 0) is 0 Å². The van der Waals surface area contributed by atoms with Gasteiger partial charge in [-0.15, -0.1) is 0 Å². The minimum absolute atomic E-state index is 0.184. The van der Waals surface area contributed by atoms with Crippen molar-refractivity contribution in [3.05, 3.63) is 180 Å². The first-order valence-corrected chi connectivity index (χ1v) is 24.7. The summed E-state index contributed by atoms with van der Waals surface area (Å²) < 4.78 is 9.91. The Labute approximate surface area is 338 Å². The van der Waals surface area contributed by atoms with Crippen LogP contribution in [0.2, 0.25) is 0 Å². The Bertz CT molecular complexity index is 3080. The Kier molecular flexibility index (Phi) is 6.18. The molecule has 7 aromatic carbocycles. The molecule has 4 saturated carbocycles. The van der Waals surface area contributed by atoms with Gasteiger partial charge < -0.3 is 0 Å². The van der Waals surface area contributed by atoms with E-state index in [1.807, 2.05) is 11.3 Å². The Hall–Kier alpha value is -4.71. The maximum absolute atomic E-state index is 2.60. The molecule has 270 valence electrons. The number of halogens is 1. The first-order chi connectivity index (χ1) is 27.7. The normalized spacial score (nSPS) is 26.7. The van der Waals surface area contributed by atoms with Crippen molar-refractivity contribution in [3.8, 4) is 16.8 Å². The second kappa shape index (κ2) is 11.0. The van der Waals surface area contributed by atoms with Gasteiger partial charge in [0.2, 0.25) is 0 Å². The molecule has 14 rings (SSSR count). The van der Waals surface area contributed by atoms with Crippen molar-refractivity contribution >= 4 is 73.1 Å². The molecule has 5 aliphatic carbocycles. The van der Waals surface area contributed by atoms with Crippen LogP contribution in [0.3, 0.4) is 0 Å². The third kappa shape index (κ3) is 3.78. The molecule has 4 fully saturated rings. The first kappa shape index (κ1) is 31.4. The zero-order chi connectivity index (χ0) is 36.3. The van der Waals surface area contributed by atoms with Crippen molar-refractivity contribution in [1.29, 1.82) is 0 Å². The van der Waals surface area contributed by atoms with Gasteiger partial charge >= 0.3 is 341 Å². The predicted molar refractivity (Wildman–Crippen MR) is 242 cm³/mol. The fraction of sp³-hybridized carbons (Fsp3) is 0.208. The van der Waals surface area contributed by atoms with Crippen molar-refractivity contribution in [1.82, 2.24) is 4.57 Å². The van der Waals surface area contributed by atoms with Crippen molar-refractivity contribution in [2.75, 3.05) is 0 Å². The second-order valence-electron chi connectivity index (χ2n) is 17.6. The van der Waals surface area contributed by atoms with Gasteiger partial charge in [-0.3, -0.25) is 0 Å². The summed E-state index contributed by atoms with van der Waals surface area (Å²) in [7, 11) is 0. The number of nitrogens with zero attached hydrogens (tertiary/aromatic N) is 1. The number of benzene rings is 7. The summed E-state index contributed by atoms with van der Waals surface area (Å²) in [5, 5.41) is 5.43. The molecule has 3 bridgehead atoms. The summed E-state index contributed by atoms with van der Waals surface area (Å²) in [5.74, 6) is 3.50. The molecule has 2 spiro atoms. The van der Waals surface area contributed by atoms with Crippen molar-refractivity contribution in [3.63, 3.8) is 0 Å². The molecule has 5 aliphatic rings. The van der Waals surface area contributed by atoms with Crippen LogP contribution in [0, 0.1) is 39.8 Å². The molecule has 9 aromatic rings. The van der Waals surface area contributed by atoms with Gasteiger partial charge in [0, 0.05) is 0 Å². The molecule has 3 heteroatoms. The van der Waals surface area contributed by atoms with Crippen LogP contribution in [0.25, 0.3) is 58.8 Å². The maximum atomic E-state index is 2.60. The first-order valence-electron chi connectivity index (χ1n) is 20.6. The number of aromatic nitrogens is 1. The number of hydrogen-bond donors (Lipinski definition) is 0. The topological polar surface area (TPSA) is 4.93 Å². The van der Waals surface area contributed by atoms with Crippen molar-refractivity contribution in [2.45, 2.75) is 37.5 Å². The predicted octanol–water partition coefficient (Wildman–Crippen LogP) is 14.3. The van der Waals surface area contributed by atoms with Gasteiger partial charge in [0.1, 0.15) is 0 Å². The van der Waals surface area contributed by atoms with Gasteiger partial charge in [0.05, 0.1) is 0 Å². The summed E-state index contributed by atoms with van der Waals surface area (Å²) in [6.07, 6.45) is 7.35. The summed E-state index contributed by atoms with van der Waals surface area (Å²) in [5.41, 5.74) is 11.1. The van der Waals surface area contributed by atoms with Crippen LogP contribution in [0.5, 0.6) is 0 Å². The van der Waals surface area contributed by atoms with Crippen LogP contribution in [-0.2, 0) is 5.41 Å². The average Bonchev–Trinajstić information content (AvgIpc) is 3.96. The quantitative estimate of drug-likeness (QED) is 0.156. The third-order valence-electron chi connectivity index (χ3n) is 15.5. The van der Waals surface area contributed by atoms with Crippen molar-refractivity contribution in [2.24, 2.45) is 29.1 Å². The number of para-hydroxylation sites is 2. The van der Waals surface area contributed by atoms with Crippen LogP contribution in [-0.4, -0.2) is 4.57 Å². The van der Waals surface area contributed by atoms with Crippen LogP contribution in [0.15, 0.2) is 158 Å². The standard InChI is InChI=1S/C53H40INS/c1-5-14-43-41(13-1)51-44(53(43)34-27-32-26-33-28-50(53)52(33,30-32)31-34)15-9-16-45(51)54(36-22-25-49-42(29-36)40-12-4-8-19-48(40)56-49)35-20-23-37(24-21-35)55-46-17-6-2-10-38(46)39-11-3-7-18-47(39)55/h1-25,29,32-34,50H,26-28,30-31H2. The van der Waals surface area contributed by atoms with Crippen LogP contribution >= 0.6 is 31.2 Å². The molecule has 1 nitrogen and oxygen atoms in total. The summed E-state index contributed by atoms with van der Waals surface area (Å²) in [4.78, 5) is 0. The zero-order valence-corrected chi connectivity index (χ0v) is 34.1. The SMILES string of the molecule is c1ccc2c(c1)-c1c(I(c3ccc(-n4c5ccccc5c5ccccc54)cc3)c3ccc4sc5ccccc5c4c3)cccc1C21C2CC3CC4CC1C4(C3)C2. The monoisotopic (exact) mass is 849 g/mol. The molecule has 0 amide bonds. The number of fused-ring (bicyclic) bond motifs is 15. The molecular formula is C53H40INS. The molecule has 2 heterocycles. The summed E-state index contributed by atoms with van der Waals surface area (Å²) in [6, 6.07) is 61.6. The Morgan fingerprint density at radius 2 is 1.21 bits per heavy atom. The van der Waals surface area contributed by atoms with E-state index in [1.54, 1.807) is 25.8 Å². The van der Waals surface area contributed by atoms with E-state index < -0.39 is 19.8 Å². The third-order valence-corrected chi connectivity index (χ3v) is 22.6. The molecule has 6 unspecified atom stereocenters. The Morgan fingerprint density at radius 1 is 0.536 bits per heavy atom. The molecule has 6 atom stereocenters. The summed E-state index contributed by atoms with van der Waals surface area (Å²) in [6.45, 7) is 0.